The third-order valence-electron chi connectivity index (χ3n) is 4.68. The Morgan fingerprint density at radius 3 is 2.28 bits per heavy atom. The number of carbonyl (C=O) groups excluding carboxylic acids is 1. The molecule has 0 aliphatic carbocycles. The predicted octanol–water partition coefficient (Wildman–Crippen LogP) is 4.90. The summed E-state index contributed by atoms with van der Waals surface area (Å²) >= 11 is 1.55. The molecule has 0 aliphatic rings. The maximum absolute atomic E-state index is 12.6. The Morgan fingerprint density at radius 2 is 1.68 bits per heavy atom. The molecule has 0 N–H and O–H groups in total. The normalized spacial score (nSPS) is 12.8. The Kier molecular flexibility index (Phi) is 4.41. The van der Waals surface area contributed by atoms with Gasteiger partial charge in [-0.1, -0.05) is 50.3 Å². The fraction of sp³-hybridized carbons (Fsp3) is 0.333. The summed E-state index contributed by atoms with van der Waals surface area (Å²) in [5.41, 5.74) is 5.54. The van der Waals surface area contributed by atoms with Crippen LogP contribution in [0, 0.1) is 13.8 Å². The van der Waals surface area contributed by atoms with Gasteiger partial charge in [0.2, 0.25) is 0 Å². The minimum Gasteiger partial charge on any atom is -0.319 e. The van der Waals surface area contributed by atoms with Gasteiger partial charge in [-0.3, -0.25) is 4.79 Å². The third kappa shape index (κ3) is 3.31. The van der Waals surface area contributed by atoms with E-state index in [0.717, 1.165) is 15.0 Å². The van der Waals surface area contributed by atoms with Crippen molar-refractivity contribution in [1.29, 1.82) is 0 Å². The number of benzene rings is 2. The van der Waals surface area contributed by atoms with Crippen LogP contribution < -0.4 is 4.80 Å². The Balaban J connectivity index is 2.03. The van der Waals surface area contributed by atoms with Crippen molar-refractivity contribution in [3.05, 3.63) is 63.5 Å². The average Bonchev–Trinajstić information content (AvgIpc) is 2.87. The Bertz CT molecular complexity index is 1010. The zero-order valence-electron chi connectivity index (χ0n) is 15.7. The van der Waals surface area contributed by atoms with E-state index in [0.29, 0.717) is 5.56 Å². The Morgan fingerprint density at radius 1 is 1.04 bits per heavy atom. The van der Waals surface area contributed by atoms with Crippen molar-refractivity contribution >= 4 is 27.5 Å². The standard InChI is InChI=1S/C21H24N2OS/c1-13-7-12-17-18(14(13)2)23(6)20(25-17)22-19(24)15-8-10-16(11-9-15)21(3,4)5/h7-12H,1-6H3. The maximum Gasteiger partial charge on any atom is 0.279 e. The fourth-order valence-electron chi connectivity index (χ4n) is 2.90. The second-order valence-corrected chi connectivity index (χ2v) is 8.55. The highest BCUT2D eigenvalue weighted by Crippen LogP contribution is 2.24. The summed E-state index contributed by atoms with van der Waals surface area (Å²) in [6.07, 6.45) is 0. The molecule has 0 atom stereocenters. The number of thiazole rings is 1. The molecule has 1 amide bonds. The topological polar surface area (TPSA) is 34.4 Å². The van der Waals surface area contributed by atoms with Crippen molar-refractivity contribution in [1.82, 2.24) is 4.57 Å². The fourth-order valence-corrected chi connectivity index (χ4v) is 3.98. The lowest BCUT2D eigenvalue weighted by molar-refractivity contribution is 0.0998. The number of nitrogens with zero attached hydrogens (tertiary/aromatic N) is 2. The number of amides is 1. The molecule has 0 saturated heterocycles. The van der Waals surface area contributed by atoms with E-state index in [1.807, 2.05) is 35.9 Å². The zero-order valence-corrected chi connectivity index (χ0v) is 16.5. The van der Waals surface area contributed by atoms with E-state index in [1.54, 1.807) is 11.3 Å². The van der Waals surface area contributed by atoms with Crippen LogP contribution in [0.25, 0.3) is 10.2 Å². The highest BCUT2D eigenvalue weighted by atomic mass is 32.1. The lowest BCUT2D eigenvalue weighted by Gasteiger charge is -2.18. The number of aryl methyl sites for hydroxylation is 3. The molecule has 3 aromatic rings. The summed E-state index contributed by atoms with van der Waals surface area (Å²) in [5, 5.41) is 0. The van der Waals surface area contributed by atoms with Gasteiger partial charge >= 0.3 is 0 Å². The number of rotatable bonds is 1. The molecule has 130 valence electrons. The van der Waals surface area contributed by atoms with Crippen LogP contribution in [-0.2, 0) is 12.5 Å². The summed E-state index contributed by atoms with van der Waals surface area (Å²) in [7, 11) is 1.97. The summed E-state index contributed by atoms with van der Waals surface area (Å²) in [5.74, 6) is -0.197. The summed E-state index contributed by atoms with van der Waals surface area (Å²) in [4.78, 5) is 17.7. The van der Waals surface area contributed by atoms with Crippen LogP contribution in [0.5, 0.6) is 0 Å². The molecule has 4 heteroatoms. The minimum absolute atomic E-state index is 0.0754. The van der Waals surface area contributed by atoms with Crippen molar-refractivity contribution in [2.75, 3.05) is 0 Å². The summed E-state index contributed by atoms with van der Waals surface area (Å²) in [6.45, 7) is 10.7. The number of carbonyl (C=O) groups is 1. The van der Waals surface area contributed by atoms with Crippen molar-refractivity contribution in [2.45, 2.75) is 40.0 Å². The van der Waals surface area contributed by atoms with Crippen LogP contribution >= 0.6 is 11.3 Å². The van der Waals surface area contributed by atoms with Crippen LogP contribution in [0.4, 0.5) is 0 Å². The van der Waals surface area contributed by atoms with E-state index in [1.165, 1.54) is 16.7 Å². The van der Waals surface area contributed by atoms with Gasteiger partial charge in [0.05, 0.1) is 10.2 Å². The highest BCUT2D eigenvalue weighted by molar-refractivity contribution is 7.16. The molecule has 0 saturated carbocycles. The van der Waals surface area contributed by atoms with Crippen LogP contribution in [0.15, 0.2) is 41.4 Å². The first-order valence-corrected chi connectivity index (χ1v) is 9.25. The first-order chi connectivity index (χ1) is 11.7. The number of hydrogen-bond donors (Lipinski definition) is 0. The molecular formula is C21H24N2OS. The average molecular weight is 353 g/mol. The molecule has 25 heavy (non-hydrogen) atoms. The lowest BCUT2D eigenvalue weighted by atomic mass is 9.87. The molecule has 3 nitrogen and oxygen atoms in total. The molecule has 3 rings (SSSR count). The van der Waals surface area contributed by atoms with Crippen molar-refractivity contribution in [3.8, 4) is 0 Å². The van der Waals surface area contributed by atoms with Gasteiger partial charge in [-0.05, 0) is 54.2 Å². The number of aromatic nitrogens is 1. The summed E-state index contributed by atoms with van der Waals surface area (Å²) in [6, 6.07) is 12.0. The third-order valence-corrected chi connectivity index (χ3v) is 5.78. The highest BCUT2D eigenvalue weighted by Gasteiger charge is 2.14. The quantitative estimate of drug-likeness (QED) is 0.613. The van der Waals surface area contributed by atoms with E-state index in [4.69, 9.17) is 0 Å². The minimum atomic E-state index is -0.197. The molecule has 1 aromatic heterocycles. The second-order valence-electron chi connectivity index (χ2n) is 7.54. The molecule has 1 heterocycles. The van der Waals surface area contributed by atoms with Crippen LogP contribution in [0.1, 0.15) is 47.8 Å². The Hall–Kier alpha value is -2.20. The van der Waals surface area contributed by atoms with Crippen LogP contribution in [0.2, 0.25) is 0 Å². The smallest absolute Gasteiger partial charge is 0.279 e. The molecule has 0 unspecified atom stereocenters. The van der Waals surface area contributed by atoms with Crippen molar-refractivity contribution in [2.24, 2.45) is 12.0 Å². The Labute approximate surface area is 152 Å². The molecule has 0 spiro atoms. The first-order valence-electron chi connectivity index (χ1n) is 8.44. The second kappa shape index (κ2) is 6.26. The van der Waals surface area contributed by atoms with Gasteiger partial charge in [-0.15, -0.1) is 0 Å². The van der Waals surface area contributed by atoms with Crippen molar-refractivity contribution < 1.29 is 4.79 Å². The van der Waals surface area contributed by atoms with Gasteiger partial charge in [-0.25, -0.2) is 0 Å². The van der Waals surface area contributed by atoms with E-state index < -0.39 is 0 Å². The van der Waals surface area contributed by atoms with Gasteiger partial charge < -0.3 is 4.57 Å². The van der Waals surface area contributed by atoms with E-state index in [9.17, 15) is 4.79 Å². The molecule has 0 bridgehead atoms. The van der Waals surface area contributed by atoms with Crippen LogP contribution in [0.3, 0.4) is 0 Å². The van der Waals surface area contributed by atoms with E-state index in [-0.39, 0.29) is 11.3 Å². The number of fused-ring (bicyclic) bond motifs is 1. The SMILES string of the molecule is Cc1ccc2sc(=NC(=O)c3ccc(C(C)(C)C)cc3)n(C)c2c1C. The lowest BCUT2D eigenvalue weighted by Crippen LogP contribution is -2.14. The van der Waals surface area contributed by atoms with Gasteiger partial charge in [-0.2, -0.15) is 4.99 Å². The molecule has 2 aromatic carbocycles. The predicted molar refractivity (Wildman–Crippen MR) is 105 cm³/mol. The largest absolute Gasteiger partial charge is 0.319 e. The molecular weight excluding hydrogens is 328 g/mol. The monoisotopic (exact) mass is 352 g/mol. The van der Waals surface area contributed by atoms with Crippen molar-refractivity contribution in [3.63, 3.8) is 0 Å². The number of hydrogen-bond acceptors (Lipinski definition) is 2. The van der Waals surface area contributed by atoms with Gasteiger partial charge in [0.25, 0.3) is 5.91 Å². The molecule has 0 fully saturated rings. The first kappa shape index (κ1) is 17.6. The van der Waals surface area contributed by atoms with E-state index in [2.05, 4.69) is 51.7 Å². The van der Waals surface area contributed by atoms with Gasteiger partial charge in [0.1, 0.15) is 0 Å². The van der Waals surface area contributed by atoms with Gasteiger partial charge in [0, 0.05) is 12.6 Å². The summed E-state index contributed by atoms with van der Waals surface area (Å²) < 4.78 is 3.17. The van der Waals surface area contributed by atoms with Gasteiger partial charge in [0.15, 0.2) is 4.80 Å². The zero-order chi connectivity index (χ0) is 18.4. The molecule has 0 aliphatic heterocycles. The van der Waals surface area contributed by atoms with E-state index >= 15 is 0 Å². The van der Waals surface area contributed by atoms with Crippen LogP contribution in [-0.4, -0.2) is 10.5 Å². The maximum atomic E-state index is 12.6. The molecule has 0 radical (unpaired) electrons.